The Morgan fingerprint density at radius 3 is 2.86 bits per heavy atom. The van der Waals surface area contributed by atoms with Crippen LogP contribution in [0.3, 0.4) is 0 Å². The van der Waals surface area contributed by atoms with Crippen molar-refractivity contribution in [2.75, 3.05) is 0 Å². The average molecular weight is 302 g/mol. The molecule has 4 heteroatoms. The van der Waals surface area contributed by atoms with E-state index in [1.54, 1.807) is 6.07 Å². The van der Waals surface area contributed by atoms with Gasteiger partial charge in [-0.25, -0.2) is 0 Å². The number of aliphatic hydroxyl groups is 1. The fourth-order valence-electron chi connectivity index (χ4n) is 5.23. The summed E-state index contributed by atoms with van der Waals surface area (Å²) in [5.74, 6) is 0.646. The molecule has 1 heterocycles. The van der Waals surface area contributed by atoms with Crippen molar-refractivity contribution in [3.05, 3.63) is 23.3 Å². The zero-order chi connectivity index (χ0) is 15.7. The van der Waals surface area contributed by atoms with Crippen LogP contribution in [-0.4, -0.2) is 27.7 Å². The molecule has 2 aliphatic carbocycles. The maximum atomic E-state index is 12.5. The lowest BCUT2D eigenvalue weighted by Gasteiger charge is -2.56. The second-order valence-electron chi connectivity index (χ2n) is 7.26. The predicted octanol–water partition coefficient (Wildman–Crippen LogP) is 2.61. The number of phenols is 1. The van der Waals surface area contributed by atoms with Crippen molar-refractivity contribution in [2.24, 2.45) is 5.92 Å². The lowest BCUT2D eigenvalue weighted by molar-refractivity contribution is -0.171. The Labute approximate surface area is 130 Å². The highest BCUT2D eigenvalue weighted by Crippen LogP contribution is 2.63. The number of phenolic OH excluding ortho intramolecular Hbond substituents is 1. The molecule has 1 aromatic carbocycles. The summed E-state index contributed by atoms with van der Waals surface area (Å²) in [4.78, 5) is 12.5. The minimum absolute atomic E-state index is 0.0498. The minimum Gasteiger partial charge on any atom is -0.504 e. The molecular formula is C18H22O4. The van der Waals surface area contributed by atoms with Gasteiger partial charge in [0.25, 0.3) is 0 Å². The monoisotopic (exact) mass is 302 g/mol. The van der Waals surface area contributed by atoms with Gasteiger partial charge in [0.05, 0.1) is 11.0 Å². The molecule has 0 amide bonds. The Bertz CT molecular complexity index is 667. The Morgan fingerprint density at radius 2 is 2.09 bits per heavy atom. The topological polar surface area (TPSA) is 66.8 Å². The number of ether oxygens (including phenoxy) is 1. The molecule has 0 saturated heterocycles. The molecule has 1 aromatic rings. The number of carbonyl (C=O) groups is 1. The first-order chi connectivity index (χ1) is 10.4. The molecule has 3 aliphatic rings. The van der Waals surface area contributed by atoms with E-state index in [0.717, 1.165) is 30.4 Å². The summed E-state index contributed by atoms with van der Waals surface area (Å²) in [6.07, 6.45) is 2.85. The summed E-state index contributed by atoms with van der Waals surface area (Å²) in [5, 5.41) is 21.8. The lowest BCUT2D eigenvalue weighted by atomic mass is 9.49. The van der Waals surface area contributed by atoms with Gasteiger partial charge in [0.15, 0.2) is 23.4 Å². The van der Waals surface area contributed by atoms with Crippen LogP contribution in [0, 0.1) is 12.8 Å². The second-order valence-corrected chi connectivity index (χ2v) is 7.26. The zero-order valence-electron chi connectivity index (χ0n) is 13.1. The second kappa shape index (κ2) is 4.25. The SMILES string of the molecule is Cc1ccc(O)c2c1[C@@]13CCCC(C)[C@@]1(O)CCC(=O)[C@H]3O2. The Morgan fingerprint density at radius 1 is 1.32 bits per heavy atom. The Hall–Kier alpha value is -1.55. The molecule has 1 aliphatic heterocycles. The van der Waals surface area contributed by atoms with Gasteiger partial charge < -0.3 is 14.9 Å². The van der Waals surface area contributed by atoms with Crippen molar-refractivity contribution < 1.29 is 19.7 Å². The first-order valence-electron chi connectivity index (χ1n) is 8.16. The third-order valence-electron chi connectivity index (χ3n) is 6.32. The van der Waals surface area contributed by atoms with E-state index in [2.05, 4.69) is 6.92 Å². The van der Waals surface area contributed by atoms with Gasteiger partial charge in [-0.1, -0.05) is 19.4 Å². The molecule has 118 valence electrons. The van der Waals surface area contributed by atoms with Gasteiger partial charge >= 0.3 is 0 Å². The summed E-state index contributed by atoms with van der Waals surface area (Å²) < 4.78 is 5.95. The normalized spacial score (nSPS) is 39.7. The van der Waals surface area contributed by atoms with Crippen LogP contribution in [-0.2, 0) is 10.2 Å². The number of aryl methyl sites for hydroxylation is 1. The van der Waals surface area contributed by atoms with Crippen LogP contribution >= 0.6 is 0 Å². The smallest absolute Gasteiger partial charge is 0.174 e. The van der Waals surface area contributed by atoms with Crippen LogP contribution in [0.5, 0.6) is 11.5 Å². The van der Waals surface area contributed by atoms with Crippen molar-refractivity contribution in [3.8, 4) is 11.5 Å². The van der Waals surface area contributed by atoms with Crippen LogP contribution in [0.2, 0.25) is 0 Å². The van der Waals surface area contributed by atoms with E-state index in [4.69, 9.17) is 4.74 Å². The molecular weight excluding hydrogens is 280 g/mol. The van der Waals surface area contributed by atoms with Crippen molar-refractivity contribution >= 4 is 5.78 Å². The summed E-state index contributed by atoms with van der Waals surface area (Å²) in [6.45, 7) is 4.04. The van der Waals surface area contributed by atoms with E-state index >= 15 is 0 Å². The maximum absolute atomic E-state index is 12.5. The molecule has 4 nitrogen and oxygen atoms in total. The molecule has 1 unspecified atom stereocenters. The number of hydrogen-bond donors (Lipinski definition) is 2. The third kappa shape index (κ3) is 1.40. The lowest BCUT2D eigenvalue weighted by Crippen LogP contribution is -2.67. The van der Waals surface area contributed by atoms with Gasteiger partial charge in [0.1, 0.15) is 0 Å². The summed E-state index contributed by atoms with van der Waals surface area (Å²) in [6, 6.07) is 3.46. The van der Waals surface area contributed by atoms with Crippen LogP contribution in [0.15, 0.2) is 12.1 Å². The first kappa shape index (κ1) is 14.1. The molecule has 4 atom stereocenters. The maximum Gasteiger partial charge on any atom is 0.174 e. The van der Waals surface area contributed by atoms with E-state index in [1.807, 2.05) is 13.0 Å². The number of hydrogen-bond acceptors (Lipinski definition) is 4. The highest BCUT2D eigenvalue weighted by Gasteiger charge is 2.69. The molecule has 4 rings (SSSR count). The van der Waals surface area contributed by atoms with Gasteiger partial charge in [-0.2, -0.15) is 0 Å². The van der Waals surface area contributed by atoms with E-state index in [0.29, 0.717) is 18.6 Å². The standard InChI is InChI=1S/C18H22O4/c1-10-5-6-12(19)15-14(10)17-8-3-4-11(2)18(17,21)9-7-13(20)16(17)22-15/h5-6,11,16,19,21H,3-4,7-9H2,1-2H3/t11?,16-,17-,18+/m1/s1. The van der Waals surface area contributed by atoms with Crippen LogP contribution in [0.25, 0.3) is 0 Å². The Kier molecular flexibility index (Phi) is 2.72. The minimum atomic E-state index is -0.937. The van der Waals surface area contributed by atoms with Crippen molar-refractivity contribution in [1.29, 1.82) is 0 Å². The number of benzene rings is 1. The predicted molar refractivity (Wildman–Crippen MR) is 81.1 cm³/mol. The molecule has 0 radical (unpaired) electrons. The fourth-order valence-corrected chi connectivity index (χ4v) is 5.23. The number of aromatic hydroxyl groups is 1. The summed E-state index contributed by atoms with van der Waals surface area (Å²) in [5.41, 5.74) is 0.211. The number of ketones is 1. The highest BCUT2D eigenvalue weighted by molar-refractivity contribution is 5.89. The number of carbonyl (C=O) groups excluding carboxylic acids is 1. The van der Waals surface area contributed by atoms with Gasteiger partial charge in [-0.3, -0.25) is 4.79 Å². The molecule has 2 N–H and O–H groups in total. The van der Waals surface area contributed by atoms with E-state index < -0.39 is 17.1 Å². The van der Waals surface area contributed by atoms with E-state index in [1.165, 1.54) is 0 Å². The number of Topliss-reactive ketones (excluding diaryl/α,β-unsaturated/α-hetero) is 1. The fraction of sp³-hybridized carbons (Fsp3) is 0.611. The van der Waals surface area contributed by atoms with Crippen LogP contribution < -0.4 is 4.74 Å². The highest BCUT2D eigenvalue weighted by atomic mass is 16.5. The van der Waals surface area contributed by atoms with Crippen LogP contribution in [0.1, 0.15) is 50.2 Å². The van der Waals surface area contributed by atoms with Crippen molar-refractivity contribution in [3.63, 3.8) is 0 Å². The third-order valence-corrected chi connectivity index (χ3v) is 6.32. The molecule has 0 bridgehead atoms. The van der Waals surface area contributed by atoms with Gasteiger partial charge in [0.2, 0.25) is 0 Å². The molecule has 0 aromatic heterocycles. The number of rotatable bonds is 0. The quantitative estimate of drug-likeness (QED) is 0.773. The molecule has 2 saturated carbocycles. The average Bonchev–Trinajstić information content (AvgIpc) is 2.85. The zero-order valence-corrected chi connectivity index (χ0v) is 13.1. The Balaban J connectivity index is 2.04. The molecule has 1 spiro atoms. The summed E-state index contributed by atoms with van der Waals surface area (Å²) >= 11 is 0. The summed E-state index contributed by atoms with van der Waals surface area (Å²) in [7, 11) is 0. The number of fused-ring (bicyclic) bond motifs is 1. The van der Waals surface area contributed by atoms with E-state index in [9.17, 15) is 15.0 Å². The van der Waals surface area contributed by atoms with Gasteiger partial charge in [0, 0.05) is 12.0 Å². The van der Waals surface area contributed by atoms with E-state index in [-0.39, 0.29) is 17.5 Å². The van der Waals surface area contributed by atoms with Crippen molar-refractivity contribution in [1.82, 2.24) is 0 Å². The van der Waals surface area contributed by atoms with Crippen LogP contribution in [0.4, 0.5) is 0 Å². The largest absolute Gasteiger partial charge is 0.504 e. The van der Waals surface area contributed by atoms with Crippen molar-refractivity contribution in [2.45, 2.75) is 63.1 Å². The van der Waals surface area contributed by atoms with Gasteiger partial charge in [-0.15, -0.1) is 0 Å². The van der Waals surface area contributed by atoms with Gasteiger partial charge in [-0.05, 0) is 43.7 Å². The molecule has 22 heavy (non-hydrogen) atoms. The first-order valence-corrected chi connectivity index (χ1v) is 8.16. The molecule has 2 fully saturated rings.